The van der Waals surface area contributed by atoms with E-state index in [-0.39, 0.29) is 6.04 Å². The Morgan fingerprint density at radius 2 is 2.62 bits per heavy atom. The zero-order valence-electron chi connectivity index (χ0n) is 4.56. The molecule has 1 rings (SSSR count). The van der Waals surface area contributed by atoms with Crippen LogP contribution in [0, 0.1) is 0 Å². The largest absolute Gasteiger partial charge is 0.337 e. The van der Waals surface area contributed by atoms with Gasteiger partial charge in [-0.1, -0.05) is 0 Å². The number of aliphatic imine (C=N–C) groups is 1. The molecule has 8 heavy (non-hydrogen) atoms. The van der Waals surface area contributed by atoms with Crippen molar-refractivity contribution in [2.24, 2.45) is 4.99 Å². The Morgan fingerprint density at radius 3 is 3.00 bits per heavy atom. The Hall–Kier alpha value is -0.500. The Labute approximate surface area is 53.3 Å². The maximum Gasteiger partial charge on any atom is 0.195 e. The van der Waals surface area contributed by atoms with E-state index in [1.54, 1.807) is 6.20 Å². The highest BCUT2D eigenvalue weighted by molar-refractivity contribution is 6.64. The lowest BCUT2D eigenvalue weighted by molar-refractivity contribution is 0.893. The summed E-state index contributed by atoms with van der Waals surface area (Å²) in [5, 5.41) is 3.22. The van der Waals surface area contributed by atoms with Gasteiger partial charge in [0, 0.05) is 6.20 Å². The van der Waals surface area contributed by atoms with Crippen LogP contribution in [-0.2, 0) is 0 Å². The molecule has 0 spiro atoms. The van der Waals surface area contributed by atoms with Gasteiger partial charge in [-0.15, -0.1) is 0 Å². The molecular formula is C5H7ClN2. The molecule has 0 saturated carbocycles. The minimum Gasteiger partial charge on any atom is -0.337 e. The first kappa shape index (κ1) is 5.63. The van der Waals surface area contributed by atoms with Crippen molar-refractivity contribution < 1.29 is 0 Å². The Kier molecular flexibility index (Phi) is 1.53. The van der Waals surface area contributed by atoms with E-state index < -0.39 is 0 Å². The molecule has 0 amide bonds. The number of hydrogen-bond acceptors (Lipinski definition) is 2. The van der Waals surface area contributed by atoms with Crippen LogP contribution in [-0.4, -0.2) is 11.3 Å². The first-order valence-electron chi connectivity index (χ1n) is 2.45. The molecule has 0 radical (unpaired) electrons. The number of halogens is 1. The quantitative estimate of drug-likeness (QED) is 0.488. The van der Waals surface area contributed by atoms with Gasteiger partial charge >= 0.3 is 0 Å². The topological polar surface area (TPSA) is 24.4 Å². The molecule has 1 N–H and O–H groups in total. The summed E-state index contributed by atoms with van der Waals surface area (Å²) in [5.74, 6) is 0. The average Bonchev–Trinajstić information content (AvgIpc) is 1.64. The molecule has 0 aliphatic carbocycles. The van der Waals surface area contributed by atoms with E-state index in [4.69, 9.17) is 11.6 Å². The van der Waals surface area contributed by atoms with Gasteiger partial charge in [0.25, 0.3) is 0 Å². The third-order valence-electron chi connectivity index (χ3n) is 0.894. The zero-order chi connectivity index (χ0) is 5.98. The summed E-state index contributed by atoms with van der Waals surface area (Å²) in [6.07, 6.45) is 3.73. The first-order chi connectivity index (χ1) is 3.79. The highest BCUT2D eigenvalue weighted by Crippen LogP contribution is 1.98. The van der Waals surface area contributed by atoms with Crippen molar-refractivity contribution in [2.45, 2.75) is 13.0 Å². The van der Waals surface area contributed by atoms with Crippen LogP contribution < -0.4 is 5.32 Å². The highest BCUT2D eigenvalue weighted by Gasteiger charge is 1.99. The van der Waals surface area contributed by atoms with Crippen molar-refractivity contribution in [2.75, 3.05) is 0 Å². The van der Waals surface area contributed by atoms with Gasteiger partial charge in [0.1, 0.15) is 0 Å². The maximum absolute atomic E-state index is 5.50. The first-order valence-corrected chi connectivity index (χ1v) is 2.83. The van der Waals surface area contributed by atoms with Crippen molar-refractivity contribution in [1.29, 1.82) is 0 Å². The van der Waals surface area contributed by atoms with Crippen LogP contribution in [0.1, 0.15) is 6.92 Å². The molecule has 3 heteroatoms. The second-order valence-electron chi connectivity index (χ2n) is 1.66. The van der Waals surface area contributed by atoms with E-state index in [0.29, 0.717) is 5.29 Å². The second-order valence-corrected chi connectivity index (χ2v) is 2.02. The molecule has 1 heterocycles. The molecule has 0 bridgehead atoms. The molecule has 1 aliphatic heterocycles. The summed E-state index contributed by atoms with van der Waals surface area (Å²) in [6.45, 7) is 1.97. The van der Waals surface area contributed by atoms with Gasteiger partial charge in [-0.05, 0) is 24.6 Å². The van der Waals surface area contributed by atoms with Gasteiger partial charge < -0.3 is 5.32 Å². The summed E-state index contributed by atoms with van der Waals surface area (Å²) in [7, 11) is 0. The van der Waals surface area contributed by atoms with Gasteiger partial charge in [-0.25, -0.2) is 0 Å². The predicted octanol–water partition coefficient (Wildman–Crippen LogP) is 1.09. The lowest BCUT2D eigenvalue weighted by Gasteiger charge is -2.06. The highest BCUT2D eigenvalue weighted by atomic mass is 35.5. The zero-order valence-corrected chi connectivity index (χ0v) is 5.31. The second kappa shape index (κ2) is 2.18. The Balaban J connectivity index is 2.60. The summed E-state index contributed by atoms with van der Waals surface area (Å²) in [4.78, 5) is 3.97. The van der Waals surface area contributed by atoms with E-state index in [1.165, 1.54) is 0 Å². The normalized spacial score (nSPS) is 26.8. The van der Waals surface area contributed by atoms with Crippen molar-refractivity contribution in [1.82, 2.24) is 5.32 Å². The molecule has 1 atom stereocenters. The number of hydrogen-bond donors (Lipinski definition) is 1. The molecule has 1 aliphatic rings. The number of nitrogens with one attached hydrogen (secondary N) is 1. The van der Waals surface area contributed by atoms with E-state index >= 15 is 0 Å². The van der Waals surface area contributed by atoms with Crippen LogP contribution in [0.3, 0.4) is 0 Å². The van der Waals surface area contributed by atoms with Crippen LogP contribution in [0.2, 0.25) is 0 Å². The van der Waals surface area contributed by atoms with E-state index in [9.17, 15) is 0 Å². The minimum absolute atomic E-state index is 0.226. The number of amidine groups is 1. The average molecular weight is 131 g/mol. The molecule has 0 aromatic heterocycles. The fraction of sp³-hybridized carbons (Fsp3) is 0.400. The molecule has 0 saturated heterocycles. The van der Waals surface area contributed by atoms with Crippen LogP contribution in [0.15, 0.2) is 17.3 Å². The Morgan fingerprint density at radius 1 is 1.88 bits per heavy atom. The van der Waals surface area contributed by atoms with Gasteiger partial charge in [0.05, 0.1) is 6.04 Å². The molecule has 44 valence electrons. The van der Waals surface area contributed by atoms with Crippen molar-refractivity contribution in [3.63, 3.8) is 0 Å². The van der Waals surface area contributed by atoms with Gasteiger partial charge in [0.15, 0.2) is 5.29 Å². The van der Waals surface area contributed by atoms with Crippen LogP contribution in [0.4, 0.5) is 0 Å². The third kappa shape index (κ3) is 1.23. The van der Waals surface area contributed by atoms with Crippen molar-refractivity contribution >= 4 is 16.9 Å². The van der Waals surface area contributed by atoms with Crippen LogP contribution >= 0.6 is 11.6 Å². The fourth-order valence-electron chi connectivity index (χ4n) is 0.515. The summed E-state index contributed by atoms with van der Waals surface area (Å²) >= 11 is 5.50. The van der Waals surface area contributed by atoms with E-state index in [0.717, 1.165) is 0 Å². The predicted molar refractivity (Wildman–Crippen MR) is 35.0 cm³/mol. The molecule has 0 fully saturated rings. The third-order valence-corrected chi connectivity index (χ3v) is 1.10. The lowest BCUT2D eigenvalue weighted by Crippen LogP contribution is -2.17. The molecule has 1 unspecified atom stereocenters. The van der Waals surface area contributed by atoms with Crippen molar-refractivity contribution in [3.8, 4) is 0 Å². The van der Waals surface area contributed by atoms with Crippen LogP contribution in [0.5, 0.6) is 0 Å². The van der Waals surface area contributed by atoms with Crippen LogP contribution in [0.25, 0.3) is 0 Å². The summed E-state index contributed by atoms with van der Waals surface area (Å²) in [6, 6.07) is 0.226. The Bertz CT molecular complexity index is 139. The van der Waals surface area contributed by atoms with Gasteiger partial charge in [-0.2, -0.15) is 0 Å². The molecular weight excluding hydrogens is 124 g/mol. The standard InChI is InChI=1S/C5H7ClN2/c1-4-2-3-7-5(6)8-4/h2-4H,1H3,(H,7,8). The lowest BCUT2D eigenvalue weighted by atomic mass is 10.3. The number of nitrogens with zero attached hydrogens (tertiary/aromatic N) is 1. The smallest absolute Gasteiger partial charge is 0.195 e. The van der Waals surface area contributed by atoms with E-state index in [2.05, 4.69) is 10.3 Å². The monoisotopic (exact) mass is 130 g/mol. The molecule has 0 aromatic rings. The summed E-state index contributed by atoms with van der Waals surface area (Å²) in [5.41, 5.74) is 0. The van der Waals surface area contributed by atoms with E-state index in [1.807, 2.05) is 13.0 Å². The number of rotatable bonds is 0. The summed E-state index contributed by atoms with van der Waals surface area (Å²) < 4.78 is 0. The van der Waals surface area contributed by atoms with Gasteiger partial charge in [-0.3, -0.25) is 4.99 Å². The van der Waals surface area contributed by atoms with Gasteiger partial charge in [0.2, 0.25) is 0 Å². The molecule has 0 aromatic carbocycles. The fourth-order valence-corrected chi connectivity index (χ4v) is 0.732. The molecule has 2 nitrogen and oxygen atoms in total. The maximum atomic E-state index is 5.50. The van der Waals surface area contributed by atoms with Crippen molar-refractivity contribution in [3.05, 3.63) is 12.3 Å². The SMILES string of the molecule is CC1C=CNC(Cl)=N1. The minimum atomic E-state index is 0.226.